The highest BCUT2D eigenvalue weighted by atomic mass is 19.4. The monoisotopic (exact) mass is 230 g/mol. The van der Waals surface area contributed by atoms with Gasteiger partial charge >= 0.3 is 6.18 Å². The molecule has 0 bridgehead atoms. The topological polar surface area (TPSA) is 20.2 Å². The quantitative estimate of drug-likeness (QED) is 0.827. The summed E-state index contributed by atoms with van der Waals surface area (Å²) in [5.74, 6) is 0.200. The van der Waals surface area contributed by atoms with Gasteiger partial charge in [-0.2, -0.15) is 13.2 Å². The van der Waals surface area contributed by atoms with Crippen molar-refractivity contribution in [2.75, 3.05) is 0 Å². The highest BCUT2D eigenvalue weighted by Crippen LogP contribution is 2.50. The molecule has 1 saturated carbocycles. The third kappa shape index (κ3) is 2.21. The Kier molecular flexibility index (Phi) is 2.70. The van der Waals surface area contributed by atoms with Gasteiger partial charge in [-0.1, -0.05) is 18.2 Å². The summed E-state index contributed by atoms with van der Waals surface area (Å²) >= 11 is 0. The molecule has 16 heavy (non-hydrogen) atoms. The Morgan fingerprint density at radius 3 is 2.56 bits per heavy atom. The summed E-state index contributed by atoms with van der Waals surface area (Å²) in [7, 11) is 0. The second-order valence-electron chi connectivity index (χ2n) is 4.37. The Hall–Kier alpha value is -1.03. The van der Waals surface area contributed by atoms with E-state index in [-0.39, 0.29) is 11.8 Å². The first-order valence-corrected chi connectivity index (χ1v) is 5.25. The lowest BCUT2D eigenvalue weighted by atomic mass is 10.0. The molecular weight excluding hydrogens is 217 g/mol. The summed E-state index contributed by atoms with van der Waals surface area (Å²) in [6, 6.07) is 5.38. The van der Waals surface area contributed by atoms with E-state index in [2.05, 4.69) is 0 Å². The number of halogens is 3. The first kappa shape index (κ1) is 11.5. The Labute approximate surface area is 91.9 Å². The van der Waals surface area contributed by atoms with Gasteiger partial charge in [-0.05, 0) is 36.8 Å². The number of hydrogen-bond donors (Lipinski definition) is 1. The number of hydrogen-bond acceptors (Lipinski definition) is 1. The molecule has 1 nitrogen and oxygen atoms in total. The Morgan fingerprint density at radius 2 is 2.06 bits per heavy atom. The van der Waals surface area contributed by atoms with Crippen molar-refractivity contribution in [3.63, 3.8) is 0 Å². The zero-order chi connectivity index (χ0) is 11.9. The standard InChI is InChI=1S/C12H13F3O/c1-7(16)10-6-11(10)8-3-2-4-9(5-8)12(13,14)15/h2-5,7,10-11,16H,6H2,1H3. The molecule has 1 aromatic rings. The van der Waals surface area contributed by atoms with Gasteiger partial charge in [-0.25, -0.2) is 0 Å². The van der Waals surface area contributed by atoms with Crippen LogP contribution in [0.2, 0.25) is 0 Å². The van der Waals surface area contributed by atoms with Crippen LogP contribution in [0.1, 0.15) is 30.4 Å². The van der Waals surface area contributed by atoms with Crippen LogP contribution in [0.3, 0.4) is 0 Å². The summed E-state index contributed by atoms with van der Waals surface area (Å²) in [6.07, 6.45) is -3.95. The fraction of sp³-hybridized carbons (Fsp3) is 0.500. The Bertz CT molecular complexity index is 384. The van der Waals surface area contributed by atoms with E-state index in [1.165, 1.54) is 12.1 Å². The maximum Gasteiger partial charge on any atom is 0.416 e. The van der Waals surface area contributed by atoms with Crippen LogP contribution in [0, 0.1) is 5.92 Å². The van der Waals surface area contributed by atoms with Gasteiger partial charge in [0.05, 0.1) is 11.7 Å². The summed E-state index contributed by atoms with van der Waals surface area (Å²) in [4.78, 5) is 0. The molecule has 1 aromatic carbocycles. The van der Waals surface area contributed by atoms with Crippen molar-refractivity contribution in [1.82, 2.24) is 0 Å². The molecule has 2 rings (SSSR count). The minimum absolute atomic E-state index is 0.0855. The number of aliphatic hydroxyl groups excluding tert-OH is 1. The van der Waals surface area contributed by atoms with Crippen LogP contribution in [-0.2, 0) is 6.18 Å². The molecule has 0 saturated heterocycles. The van der Waals surface area contributed by atoms with Gasteiger partial charge in [0.25, 0.3) is 0 Å². The smallest absolute Gasteiger partial charge is 0.393 e. The molecular formula is C12H13F3O. The molecule has 88 valence electrons. The molecule has 3 atom stereocenters. The maximum absolute atomic E-state index is 12.5. The molecule has 0 amide bonds. The van der Waals surface area contributed by atoms with Gasteiger partial charge in [0, 0.05) is 0 Å². The molecule has 0 radical (unpaired) electrons. The van der Waals surface area contributed by atoms with Crippen LogP contribution in [0.4, 0.5) is 13.2 Å². The molecule has 1 aliphatic rings. The van der Waals surface area contributed by atoms with E-state index in [0.717, 1.165) is 12.5 Å². The van der Waals surface area contributed by atoms with Crippen molar-refractivity contribution in [1.29, 1.82) is 0 Å². The summed E-state index contributed by atoms with van der Waals surface area (Å²) in [6.45, 7) is 1.68. The number of rotatable bonds is 2. The minimum Gasteiger partial charge on any atom is -0.393 e. The van der Waals surface area contributed by atoms with Crippen LogP contribution < -0.4 is 0 Å². The van der Waals surface area contributed by atoms with E-state index in [9.17, 15) is 18.3 Å². The van der Waals surface area contributed by atoms with Gasteiger partial charge < -0.3 is 5.11 Å². The maximum atomic E-state index is 12.5. The normalized spacial score (nSPS) is 26.6. The van der Waals surface area contributed by atoms with Crippen molar-refractivity contribution in [2.45, 2.75) is 31.5 Å². The molecule has 1 N–H and O–H groups in total. The van der Waals surface area contributed by atoms with E-state index in [0.29, 0.717) is 5.56 Å². The molecule has 1 aliphatic carbocycles. The van der Waals surface area contributed by atoms with E-state index < -0.39 is 17.8 Å². The largest absolute Gasteiger partial charge is 0.416 e. The zero-order valence-corrected chi connectivity index (χ0v) is 8.83. The Balaban J connectivity index is 2.19. The average Bonchev–Trinajstić information content (AvgIpc) is 2.96. The molecule has 0 spiro atoms. The van der Waals surface area contributed by atoms with Crippen molar-refractivity contribution in [2.24, 2.45) is 5.92 Å². The highest BCUT2D eigenvalue weighted by Gasteiger charge is 2.42. The zero-order valence-electron chi connectivity index (χ0n) is 8.83. The summed E-state index contributed by atoms with van der Waals surface area (Å²) in [5, 5.41) is 9.33. The van der Waals surface area contributed by atoms with Gasteiger partial charge in [0.15, 0.2) is 0 Å². The molecule has 3 unspecified atom stereocenters. The molecule has 0 heterocycles. The molecule has 4 heteroatoms. The lowest BCUT2D eigenvalue weighted by Gasteiger charge is -2.09. The van der Waals surface area contributed by atoms with E-state index in [1.54, 1.807) is 13.0 Å². The predicted octanol–water partition coefficient (Wildman–Crippen LogP) is 3.19. The summed E-state index contributed by atoms with van der Waals surface area (Å²) in [5.41, 5.74) is 0.0713. The lowest BCUT2D eigenvalue weighted by molar-refractivity contribution is -0.137. The van der Waals surface area contributed by atoms with Crippen molar-refractivity contribution in [3.8, 4) is 0 Å². The number of alkyl halides is 3. The molecule has 0 aromatic heterocycles. The number of aliphatic hydroxyl groups is 1. The van der Waals surface area contributed by atoms with Crippen LogP contribution >= 0.6 is 0 Å². The lowest BCUT2D eigenvalue weighted by Crippen LogP contribution is -2.06. The fourth-order valence-electron chi connectivity index (χ4n) is 2.08. The SMILES string of the molecule is CC(O)C1CC1c1cccc(C(F)(F)F)c1. The molecule has 1 fully saturated rings. The van der Waals surface area contributed by atoms with Gasteiger partial charge in [0.2, 0.25) is 0 Å². The van der Waals surface area contributed by atoms with Crippen molar-refractivity contribution in [3.05, 3.63) is 35.4 Å². The second-order valence-corrected chi connectivity index (χ2v) is 4.37. The third-order valence-corrected chi connectivity index (χ3v) is 3.10. The second kappa shape index (κ2) is 3.77. The van der Waals surface area contributed by atoms with Crippen LogP contribution in [0.15, 0.2) is 24.3 Å². The third-order valence-electron chi connectivity index (χ3n) is 3.10. The minimum atomic E-state index is -4.29. The van der Waals surface area contributed by atoms with Crippen molar-refractivity contribution >= 4 is 0 Å². The van der Waals surface area contributed by atoms with Crippen LogP contribution in [0.5, 0.6) is 0 Å². The fourth-order valence-corrected chi connectivity index (χ4v) is 2.08. The van der Waals surface area contributed by atoms with E-state index in [4.69, 9.17) is 0 Å². The average molecular weight is 230 g/mol. The highest BCUT2D eigenvalue weighted by molar-refractivity contribution is 5.32. The van der Waals surface area contributed by atoms with E-state index in [1.807, 2.05) is 0 Å². The van der Waals surface area contributed by atoms with Crippen molar-refractivity contribution < 1.29 is 18.3 Å². The van der Waals surface area contributed by atoms with E-state index >= 15 is 0 Å². The first-order valence-electron chi connectivity index (χ1n) is 5.25. The van der Waals surface area contributed by atoms with Crippen LogP contribution in [0.25, 0.3) is 0 Å². The first-order chi connectivity index (χ1) is 7.39. The molecule has 0 aliphatic heterocycles. The summed E-state index contributed by atoms with van der Waals surface area (Å²) < 4.78 is 37.4. The number of benzene rings is 1. The van der Waals surface area contributed by atoms with Gasteiger partial charge in [0.1, 0.15) is 0 Å². The Morgan fingerprint density at radius 1 is 1.38 bits per heavy atom. The van der Waals surface area contributed by atoms with Gasteiger partial charge in [-0.15, -0.1) is 0 Å². The van der Waals surface area contributed by atoms with Crippen LogP contribution in [-0.4, -0.2) is 11.2 Å². The predicted molar refractivity (Wildman–Crippen MR) is 54.0 cm³/mol. The van der Waals surface area contributed by atoms with Gasteiger partial charge in [-0.3, -0.25) is 0 Å².